The van der Waals surface area contributed by atoms with Crippen LogP contribution in [0.25, 0.3) is 0 Å². The molecule has 2 aromatic rings. The van der Waals surface area contributed by atoms with Crippen LogP contribution in [-0.2, 0) is 0 Å². The van der Waals surface area contributed by atoms with E-state index in [0.29, 0.717) is 5.92 Å². The van der Waals surface area contributed by atoms with E-state index in [1.807, 2.05) is 18.2 Å². The normalized spacial score (nSPS) is 11.8. The van der Waals surface area contributed by atoms with Gasteiger partial charge in [-0.3, -0.25) is 0 Å². The van der Waals surface area contributed by atoms with Gasteiger partial charge in [0.25, 0.3) is 0 Å². The summed E-state index contributed by atoms with van der Waals surface area (Å²) in [5, 5.41) is 13.7. The van der Waals surface area contributed by atoms with Crippen molar-refractivity contribution in [3.05, 3.63) is 64.3 Å². The summed E-state index contributed by atoms with van der Waals surface area (Å²) in [5.74, 6) is 0.336. The van der Waals surface area contributed by atoms with E-state index in [2.05, 4.69) is 29.4 Å². The summed E-state index contributed by atoms with van der Waals surface area (Å²) in [5.41, 5.74) is 2.12. The molecular formula is C15H17N3O2. The maximum absolute atomic E-state index is 10.5. The van der Waals surface area contributed by atoms with Crippen LogP contribution in [-0.4, -0.2) is 16.5 Å². The average molecular weight is 271 g/mol. The minimum absolute atomic E-state index is 0.131. The molecule has 0 aliphatic rings. The zero-order valence-electron chi connectivity index (χ0n) is 11.3. The summed E-state index contributed by atoms with van der Waals surface area (Å²) in [4.78, 5) is 13.8. The smallest absolute Gasteiger partial charge is 0.363 e. The SMILES string of the molecule is CC(CCNc1ccc([N+](=O)[O-])nc1)c1ccccc1. The Labute approximate surface area is 117 Å². The van der Waals surface area contributed by atoms with E-state index >= 15 is 0 Å². The van der Waals surface area contributed by atoms with Gasteiger partial charge < -0.3 is 15.4 Å². The molecule has 0 saturated heterocycles. The Hall–Kier alpha value is -2.43. The molecule has 0 fully saturated rings. The second-order valence-corrected chi connectivity index (χ2v) is 4.69. The zero-order chi connectivity index (χ0) is 14.4. The summed E-state index contributed by atoms with van der Waals surface area (Å²) in [6, 6.07) is 13.4. The van der Waals surface area contributed by atoms with Crippen LogP contribution in [0.15, 0.2) is 48.7 Å². The van der Waals surface area contributed by atoms with Crippen LogP contribution < -0.4 is 5.32 Å². The van der Waals surface area contributed by atoms with Crippen LogP contribution in [0, 0.1) is 10.1 Å². The number of nitrogens with one attached hydrogen (secondary N) is 1. The number of rotatable bonds is 6. The van der Waals surface area contributed by atoms with Gasteiger partial charge in [0.2, 0.25) is 0 Å². The molecule has 0 bridgehead atoms. The average Bonchev–Trinajstić information content (AvgIpc) is 2.48. The molecule has 1 unspecified atom stereocenters. The predicted molar refractivity (Wildman–Crippen MR) is 78.9 cm³/mol. The molecule has 5 nitrogen and oxygen atoms in total. The summed E-state index contributed by atoms with van der Waals surface area (Å²) in [6.07, 6.45) is 2.48. The van der Waals surface area contributed by atoms with Crippen molar-refractivity contribution in [1.29, 1.82) is 0 Å². The van der Waals surface area contributed by atoms with Gasteiger partial charge in [-0.05, 0) is 33.9 Å². The number of nitro groups is 1. The van der Waals surface area contributed by atoms with E-state index in [1.165, 1.54) is 17.8 Å². The Bertz CT molecular complexity index is 555. The molecule has 0 saturated carbocycles. The van der Waals surface area contributed by atoms with Crippen LogP contribution in [0.1, 0.15) is 24.8 Å². The molecule has 5 heteroatoms. The first kappa shape index (κ1) is 14.0. The standard InChI is InChI=1S/C15H17N3O2/c1-12(13-5-3-2-4-6-13)9-10-16-14-7-8-15(17-11-14)18(19)20/h2-8,11-12,16H,9-10H2,1H3. The second-order valence-electron chi connectivity index (χ2n) is 4.69. The lowest BCUT2D eigenvalue weighted by Crippen LogP contribution is -2.06. The summed E-state index contributed by atoms with van der Waals surface area (Å²) < 4.78 is 0. The van der Waals surface area contributed by atoms with Crippen molar-refractivity contribution < 1.29 is 4.92 Å². The third-order valence-corrected chi connectivity index (χ3v) is 3.21. The third kappa shape index (κ3) is 3.78. The fourth-order valence-electron chi connectivity index (χ4n) is 1.98. The number of benzene rings is 1. The van der Waals surface area contributed by atoms with E-state index in [0.717, 1.165) is 18.7 Å². The fourth-order valence-corrected chi connectivity index (χ4v) is 1.98. The third-order valence-electron chi connectivity index (χ3n) is 3.21. The number of nitrogens with zero attached hydrogens (tertiary/aromatic N) is 2. The fraction of sp³-hybridized carbons (Fsp3) is 0.267. The minimum Gasteiger partial charge on any atom is -0.382 e. The van der Waals surface area contributed by atoms with Gasteiger partial charge in [-0.15, -0.1) is 0 Å². The lowest BCUT2D eigenvalue weighted by Gasteiger charge is -2.12. The highest BCUT2D eigenvalue weighted by atomic mass is 16.6. The molecule has 1 aromatic heterocycles. The van der Waals surface area contributed by atoms with Gasteiger partial charge in [0.15, 0.2) is 6.20 Å². The summed E-state index contributed by atoms with van der Waals surface area (Å²) in [7, 11) is 0. The van der Waals surface area contributed by atoms with E-state index in [-0.39, 0.29) is 5.82 Å². The highest BCUT2D eigenvalue weighted by Crippen LogP contribution is 2.19. The largest absolute Gasteiger partial charge is 0.382 e. The number of aromatic nitrogens is 1. The first-order chi connectivity index (χ1) is 9.66. The van der Waals surface area contributed by atoms with Crippen molar-refractivity contribution >= 4 is 11.5 Å². The number of anilines is 1. The number of hydrogen-bond donors (Lipinski definition) is 1. The highest BCUT2D eigenvalue weighted by molar-refractivity contribution is 5.43. The topological polar surface area (TPSA) is 68.1 Å². The summed E-state index contributed by atoms with van der Waals surface area (Å²) >= 11 is 0. The highest BCUT2D eigenvalue weighted by Gasteiger charge is 2.07. The Morgan fingerprint density at radius 3 is 2.60 bits per heavy atom. The van der Waals surface area contributed by atoms with E-state index in [9.17, 15) is 10.1 Å². The second kappa shape index (κ2) is 6.65. The molecule has 1 aromatic carbocycles. The molecule has 0 spiro atoms. The number of hydrogen-bond acceptors (Lipinski definition) is 4. The van der Waals surface area contributed by atoms with Gasteiger partial charge in [0.05, 0.1) is 5.69 Å². The molecule has 0 aliphatic heterocycles. The van der Waals surface area contributed by atoms with E-state index in [1.54, 1.807) is 6.07 Å². The zero-order valence-corrected chi connectivity index (χ0v) is 11.3. The molecule has 104 valence electrons. The maximum atomic E-state index is 10.5. The van der Waals surface area contributed by atoms with Gasteiger partial charge >= 0.3 is 5.82 Å². The lowest BCUT2D eigenvalue weighted by atomic mass is 9.98. The van der Waals surface area contributed by atoms with Crippen LogP contribution in [0.2, 0.25) is 0 Å². The molecule has 20 heavy (non-hydrogen) atoms. The Morgan fingerprint density at radius 1 is 1.25 bits per heavy atom. The van der Waals surface area contributed by atoms with Crippen LogP contribution in [0.5, 0.6) is 0 Å². The molecule has 1 atom stereocenters. The van der Waals surface area contributed by atoms with Gasteiger partial charge in [0, 0.05) is 12.6 Å². The lowest BCUT2D eigenvalue weighted by molar-refractivity contribution is -0.389. The van der Waals surface area contributed by atoms with Crippen LogP contribution in [0.4, 0.5) is 11.5 Å². The van der Waals surface area contributed by atoms with Crippen molar-refractivity contribution in [1.82, 2.24) is 4.98 Å². The molecule has 0 aliphatic carbocycles. The van der Waals surface area contributed by atoms with Crippen molar-refractivity contribution in [2.45, 2.75) is 19.3 Å². The van der Waals surface area contributed by atoms with Crippen molar-refractivity contribution in [3.63, 3.8) is 0 Å². The van der Waals surface area contributed by atoms with E-state index in [4.69, 9.17) is 0 Å². The van der Waals surface area contributed by atoms with Gasteiger partial charge in [-0.2, -0.15) is 0 Å². The van der Waals surface area contributed by atoms with Crippen molar-refractivity contribution in [2.24, 2.45) is 0 Å². The number of pyridine rings is 1. The van der Waals surface area contributed by atoms with Crippen molar-refractivity contribution in [3.8, 4) is 0 Å². The van der Waals surface area contributed by atoms with Crippen molar-refractivity contribution in [2.75, 3.05) is 11.9 Å². The van der Waals surface area contributed by atoms with Gasteiger partial charge in [0.1, 0.15) is 0 Å². The maximum Gasteiger partial charge on any atom is 0.363 e. The van der Waals surface area contributed by atoms with Crippen LogP contribution in [0.3, 0.4) is 0 Å². The Balaban J connectivity index is 1.82. The molecule has 1 heterocycles. The predicted octanol–water partition coefficient (Wildman–Crippen LogP) is 3.60. The van der Waals surface area contributed by atoms with E-state index < -0.39 is 4.92 Å². The van der Waals surface area contributed by atoms with Gasteiger partial charge in [-0.1, -0.05) is 37.3 Å². The van der Waals surface area contributed by atoms with Crippen LogP contribution >= 0.6 is 0 Å². The van der Waals surface area contributed by atoms with Gasteiger partial charge in [-0.25, -0.2) is 0 Å². The Morgan fingerprint density at radius 2 is 2.00 bits per heavy atom. The first-order valence-electron chi connectivity index (χ1n) is 6.56. The Kier molecular flexibility index (Phi) is 4.65. The minimum atomic E-state index is -0.499. The summed E-state index contributed by atoms with van der Waals surface area (Å²) in [6.45, 7) is 2.99. The molecule has 0 amide bonds. The molecule has 0 radical (unpaired) electrons. The molecular weight excluding hydrogens is 254 g/mol. The first-order valence-corrected chi connectivity index (χ1v) is 6.56. The molecule has 1 N–H and O–H groups in total. The monoisotopic (exact) mass is 271 g/mol. The quantitative estimate of drug-likeness (QED) is 0.644. The molecule has 2 rings (SSSR count).